The van der Waals surface area contributed by atoms with E-state index >= 15 is 0 Å². The zero-order valence-corrected chi connectivity index (χ0v) is 15.5. The highest BCUT2D eigenvalue weighted by atomic mass is 79.9. The van der Waals surface area contributed by atoms with Gasteiger partial charge in [0.2, 0.25) is 15.9 Å². The van der Waals surface area contributed by atoms with Crippen molar-refractivity contribution in [3.8, 4) is 0 Å². The Morgan fingerprint density at radius 1 is 1.22 bits per heavy atom. The number of carbonyl (C=O) groups is 1. The van der Waals surface area contributed by atoms with E-state index in [2.05, 4.69) is 21.2 Å². The molecule has 0 aliphatic rings. The average Bonchev–Trinajstić information content (AvgIpc) is 2.47. The number of rotatable bonds is 5. The first kappa shape index (κ1) is 18.0. The normalized spacial score (nSPS) is 11.3. The molecule has 5 nitrogen and oxygen atoms in total. The maximum absolute atomic E-state index is 12.0. The number of benzene rings is 2. The lowest BCUT2D eigenvalue weighted by molar-refractivity contribution is -0.113. The van der Waals surface area contributed by atoms with Crippen LogP contribution in [-0.2, 0) is 14.8 Å². The number of nitrogens with two attached hydrogens (primary N) is 1. The van der Waals surface area contributed by atoms with Gasteiger partial charge in [-0.1, -0.05) is 22.0 Å². The zero-order valence-electron chi connectivity index (χ0n) is 12.2. The molecule has 0 atom stereocenters. The number of carbonyl (C=O) groups excluding carboxylic acids is 1. The molecule has 2 aromatic carbocycles. The number of halogens is 1. The number of thioether (sulfide) groups is 1. The van der Waals surface area contributed by atoms with Crippen LogP contribution in [0.3, 0.4) is 0 Å². The lowest BCUT2D eigenvalue weighted by Gasteiger charge is -2.09. The predicted molar refractivity (Wildman–Crippen MR) is 96.0 cm³/mol. The fourth-order valence-electron chi connectivity index (χ4n) is 1.86. The SMILES string of the molecule is Cc1ccc(NC(=O)CSc2ccc(Br)cc2)cc1S(N)(=O)=O. The van der Waals surface area contributed by atoms with Crippen molar-refractivity contribution < 1.29 is 13.2 Å². The molecule has 0 saturated carbocycles. The molecule has 0 bridgehead atoms. The highest BCUT2D eigenvalue weighted by molar-refractivity contribution is 9.10. The molecular formula is C15H15BrN2O3S2. The summed E-state index contributed by atoms with van der Waals surface area (Å²) >= 11 is 4.74. The van der Waals surface area contributed by atoms with Crippen molar-refractivity contribution in [2.24, 2.45) is 5.14 Å². The molecule has 0 radical (unpaired) electrons. The third kappa shape index (κ3) is 5.35. The van der Waals surface area contributed by atoms with Gasteiger partial charge in [-0.25, -0.2) is 13.6 Å². The highest BCUT2D eigenvalue weighted by Crippen LogP contribution is 2.22. The molecular weight excluding hydrogens is 400 g/mol. The Bertz CT molecular complexity index is 821. The van der Waals surface area contributed by atoms with Crippen LogP contribution in [0, 0.1) is 6.92 Å². The molecule has 8 heteroatoms. The van der Waals surface area contributed by atoms with Crippen LogP contribution in [-0.4, -0.2) is 20.1 Å². The van der Waals surface area contributed by atoms with Crippen LogP contribution >= 0.6 is 27.7 Å². The van der Waals surface area contributed by atoms with Crippen molar-refractivity contribution in [2.75, 3.05) is 11.1 Å². The first-order valence-corrected chi connectivity index (χ1v) is 9.90. The summed E-state index contributed by atoms with van der Waals surface area (Å²) in [4.78, 5) is 13.0. The minimum Gasteiger partial charge on any atom is -0.325 e. The molecule has 0 aromatic heterocycles. The summed E-state index contributed by atoms with van der Waals surface area (Å²) in [6.45, 7) is 1.65. The maximum Gasteiger partial charge on any atom is 0.238 e. The number of sulfonamides is 1. The molecule has 23 heavy (non-hydrogen) atoms. The molecule has 0 unspecified atom stereocenters. The number of nitrogens with one attached hydrogen (secondary N) is 1. The summed E-state index contributed by atoms with van der Waals surface area (Å²) in [6, 6.07) is 12.2. The van der Waals surface area contributed by atoms with Crippen LogP contribution in [0.5, 0.6) is 0 Å². The second-order valence-corrected chi connectivity index (χ2v) is 8.31. The van der Waals surface area contributed by atoms with E-state index in [1.54, 1.807) is 19.1 Å². The quantitative estimate of drug-likeness (QED) is 0.735. The highest BCUT2D eigenvalue weighted by Gasteiger charge is 2.13. The number of primary sulfonamides is 1. The van der Waals surface area contributed by atoms with Gasteiger partial charge in [-0.15, -0.1) is 11.8 Å². The van der Waals surface area contributed by atoms with Gasteiger partial charge in [0.05, 0.1) is 10.6 Å². The molecule has 122 valence electrons. The molecule has 1 amide bonds. The van der Waals surface area contributed by atoms with Crippen LogP contribution in [0.25, 0.3) is 0 Å². The van der Waals surface area contributed by atoms with E-state index in [4.69, 9.17) is 5.14 Å². The van der Waals surface area contributed by atoms with Crippen LogP contribution < -0.4 is 10.5 Å². The minimum absolute atomic E-state index is 0.0101. The zero-order chi connectivity index (χ0) is 17.0. The van der Waals surface area contributed by atoms with Crippen molar-refractivity contribution in [1.82, 2.24) is 0 Å². The molecule has 0 fully saturated rings. The van der Waals surface area contributed by atoms with Gasteiger partial charge in [-0.3, -0.25) is 4.79 Å². The Labute approximate surface area is 147 Å². The van der Waals surface area contributed by atoms with Crippen molar-refractivity contribution in [1.29, 1.82) is 0 Å². The molecule has 0 aliphatic carbocycles. The van der Waals surface area contributed by atoms with Gasteiger partial charge in [0.1, 0.15) is 0 Å². The standard InChI is InChI=1S/C15H15BrN2O3S2/c1-10-2-5-12(8-14(10)23(17,20)21)18-15(19)9-22-13-6-3-11(16)4-7-13/h2-8H,9H2,1H3,(H,18,19)(H2,17,20,21). The molecule has 0 spiro atoms. The van der Waals surface area contributed by atoms with Gasteiger partial charge in [-0.2, -0.15) is 0 Å². The van der Waals surface area contributed by atoms with Crippen molar-refractivity contribution in [3.63, 3.8) is 0 Å². The van der Waals surface area contributed by atoms with Crippen LogP contribution in [0.2, 0.25) is 0 Å². The van der Waals surface area contributed by atoms with Gasteiger partial charge in [0.25, 0.3) is 0 Å². The van der Waals surface area contributed by atoms with E-state index < -0.39 is 10.0 Å². The Morgan fingerprint density at radius 2 is 1.87 bits per heavy atom. The summed E-state index contributed by atoms with van der Waals surface area (Å²) < 4.78 is 23.9. The van der Waals surface area contributed by atoms with E-state index in [-0.39, 0.29) is 16.6 Å². The van der Waals surface area contributed by atoms with E-state index in [9.17, 15) is 13.2 Å². The average molecular weight is 415 g/mol. The third-order valence-electron chi connectivity index (χ3n) is 2.96. The third-order valence-corrected chi connectivity index (χ3v) is 5.56. The molecule has 0 heterocycles. The molecule has 2 rings (SSSR count). The number of amides is 1. The molecule has 3 N–H and O–H groups in total. The van der Waals surface area contributed by atoms with E-state index in [0.29, 0.717) is 11.3 Å². The fourth-order valence-corrected chi connectivity index (χ4v) is 3.63. The summed E-state index contributed by atoms with van der Waals surface area (Å²) in [7, 11) is -3.81. The van der Waals surface area contributed by atoms with Gasteiger partial charge >= 0.3 is 0 Å². The fraction of sp³-hybridized carbons (Fsp3) is 0.133. The van der Waals surface area contributed by atoms with Gasteiger partial charge < -0.3 is 5.32 Å². The van der Waals surface area contributed by atoms with E-state index in [1.165, 1.54) is 17.8 Å². The first-order valence-electron chi connectivity index (χ1n) is 6.57. The second-order valence-electron chi connectivity index (χ2n) is 4.82. The first-order chi connectivity index (χ1) is 10.8. The van der Waals surface area contributed by atoms with Crippen LogP contribution in [0.1, 0.15) is 5.56 Å². The Kier molecular flexibility index (Phi) is 5.85. The van der Waals surface area contributed by atoms with E-state index in [1.807, 2.05) is 24.3 Å². The number of hydrogen-bond donors (Lipinski definition) is 2. The Hall–Kier alpha value is -1.35. The summed E-state index contributed by atoms with van der Waals surface area (Å²) in [6.07, 6.45) is 0. The Balaban J connectivity index is 2.01. The molecule has 0 saturated heterocycles. The lowest BCUT2D eigenvalue weighted by atomic mass is 10.2. The smallest absolute Gasteiger partial charge is 0.238 e. The summed E-state index contributed by atoms with van der Waals surface area (Å²) in [5, 5.41) is 7.83. The largest absolute Gasteiger partial charge is 0.325 e. The Morgan fingerprint density at radius 3 is 2.48 bits per heavy atom. The van der Waals surface area contributed by atoms with Gasteiger partial charge in [0, 0.05) is 15.1 Å². The maximum atomic E-state index is 12.0. The second kappa shape index (κ2) is 7.48. The number of aryl methyl sites for hydroxylation is 1. The van der Waals surface area contributed by atoms with E-state index in [0.717, 1.165) is 9.37 Å². The molecule has 2 aromatic rings. The molecule has 0 aliphatic heterocycles. The monoisotopic (exact) mass is 414 g/mol. The topological polar surface area (TPSA) is 89.3 Å². The van der Waals surface area contributed by atoms with Crippen molar-refractivity contribution in [3.05, 3.63) is 52.5 Å². The van der Waals surface area contributed by atoms with Crippen molar-refractivity contribution in [2.45, 2.75) is 16.7 Å². The summed E-state index contributed by atoms with van der Waals surface area (Å²) in [5.74, 6) is 0.00220. The number of hydrogen-bond acceptors (Lipinski definition) is 4. The lowest BCUT2D eigenvalue weighted by Crippen LogP contribution is -2.17. The number of anilines is 1. The van der Waals surface area contributed by atoms with Gasteiger partial charge in [0.15, 0.2) is 0 Å². The predicted octanol–water partition coefficient (Wildman–Crippen LogP) is 3.14. The van der Waals surface area contributed by atoms with Gasteiger partial charge in [-0.05, 0) is 48.9 Å². The van der Waals surface area contributed by atoms with Crippen molar-refractivity contribution >= 4 is 49.3 Å². The van der Waals surface area contributed by atoms with Crippen LogP contribution in [0.15, 0.2) is 56.7 Å². The summed E-state index contributed by atoms with van der Waals surface area (Å²) in [5.41, 5.74) is 0.941. The minimum atomic E-state index is -3.81. The van der Waals surface area contributed by atoms with Crippen LogP contribution in [0.4, 0.5) is 5.69 Å².